The fourth-order valence-electron chi connectivity index (χ4n) is 1.73. The zero-order valence-corrected chi connectivity index (χ0v) is 11.9. The average molecular weight is 258 g/mol. The lowest BCUT2D eigenvalue weighted by Gasteiger charge is -2.22. The van der Waals surface area contributed by atoms with Crippen LogP contribution in [0.5, 0.6) is 0 Å². The number of amides is 1. The van der Waals surface area contributed by atoms with E-state index in [1.165, 1.54) is 7.11 Å². The first-order chi connectivity index (χ1) is 8.24. The summed E-state index contributed by atoms with van der Waals surface area (Å²) in [5.74, 6) is -0.315. The van der Waals surface area contributed by atoms with Gasteiger partial charge in [-0.1, -0.05) is 20.8 Å². The molecule has 3 N–H and O–H groups in total. The third-order valence-corrected chi connectivity index (χ3v) is 2.43. The zero-order chi connectivity index (χ0) is 14.2. The summed E-state index contributed by atoms with van der Waals surface area (Å²) in [6.45, 7) is 6.78. The van der Waals surface area contributed by atoms with E-state index in [0.29, 0.717) is 25.8 Å². The van der Waals surface area contributed by atoms with Crippen molar-refractivity contribution in [2.24, 2.45) is 11.1 Å². The Hall–Kier alpha value is -1.10. The summed E-state index contributed by atoms with van der Waals surface area (Å²) < 4.78 is 4.51. The van der Waals surface area contributed by atoms with Gasteiger partial charge < -0.3 is 15.8 Å². The predicted octanol–water partition coefficient (Wildman–Crippen LogP) is 1.21. The molecular weight excluding hydrogens is 232 g/mol. The lowest BCUT2D eigenvalue weighted by molar-refractivity contribution is -0.140. The van der Waals surface area contributed by atoms with Crippen LogP contribution in [0.2, 0.25) is 0 Å². The molecule has 0 rings (SSSR count). The van der Waals surface area contributed by atoms with E-state index in [1.54, 1.807) is 0 Å². The zero-order valence-electron chi connectivity index (χ0n) is 11.9. The molecule has 0 radical (unpaired) electrons. The molecule has 0 aliphatic rings. The van der Waals surface area contributed by atoms with Crippen LogP contribution in [0.3, 0.4) is 0 Å². The Balaban J connectivity index is 3.68. The molecule has 0 fully saturated rings. The van der Waals surface area contributed by atoms with Gasteiger partial charge in [0.15, 0.2) is 0 Å². The minimum absolute atomic E-state index is 0.0587. The van der Waals surface area contributed by atoms with E-state index < -0.39 is 0 Å². The number of hydrogen-bond acceptors (Lipinski definition) is 4. The van der Waals surface area contributed by atoms with Gasteiger partial charge in [-0.3, -0.25) is 9.59 Å². The first-order valence-corrected chi connectivity index (χ1v) is 6.33. The normalized spacial score (nSPS) is 12.9. The molecule has 0 aromatic carbocycles. The van der Waals surface area contributed by atoms with Crippen LogP contribution in [0.1, 0.15) is 46.5 Å². The van der Waals surface area contributed by atoms with Crippen molar-refractivity contribution in [2.45, 2.75) is 52.5 Å². The minimum atomic E-state index is -0.256. The summed E-state index contributed by atoms with van der Waals surface area (Å²) >= 11 is 0. The molecular formula is C13H26N2O3. The summed E-state index contributed by atoms with van der Waals surface area (Å²) in [5.41, 5.74) is 6.03. The third-order valence-electron chi connectivity index (χ3n) is 2.43. The van der Waals surface area contributed by atoms with E-state index in [-0.39, 0.29) is 23.3 Å². The van der Waals surface area contributed by atoms with E-state index in [4.69, 9.17) is 5.73 Å². The second kappa shape index (κ2) is 8.08. The number of methoxy groups -OCH3 is 1. The molecule has 1 amide bonds. The molecule has 0 aliphatic heterocycles. The standard InChI is InChI=1S/C13H26N2O3/c1-13(2,3)9-10(14)8-11(16)15-7-5-6-12(17)18-4/h10H,5-9,14H2,1-4H3,(H,15,16). The minimum Gasteiger partial charge on any atom is -0.469 e. The highest BCUT2D eigenvalue weighted by molar-refractivity contribution is 5.76. The third kappa shape index (κ3) is 10.1. The van der Waals surface area contributed by atoms with Crippen LogP contribution in [-0.4, -0.2) is 31.6 Å². The molecule has 0 saturated carbocycles. The van der Waals surface area contributed by atoms with E-state index in [0.717, 1.165) is 6.42 Å². The molecule has 0 saturated heterocycles. The van der Waals surface area contributed by atoms with Crippen LogP contribution < -0.4 is 11.1 Å². The Kier molecular flexibility index (Phi) is 7.59. The number of hydrogen-bond donors (Lipinski definition) is 2. The molecule has 1 atom stereocenters. The lowest BCUT2D eigenvalue weighted by Crippen LogP contribution is -2.34. The Morgan fingerprint density at radius 3 is 2.44 bits per heavy atom. The van der Waals surface area contributed by atoms with E-state index in [9.17, 15) is 9.59 Å². The number of ether oxygens (including phenoxy) is 1. The van der Waals surface area contributed by atoms with Gasteiger partial charge in [0, 0.05) is 25.4 Å². The molecule has 0 spiro atoms. The second-order valence-electron chi connectivity index (χ2n) is 5.76. The number of nitrogens with one attached hydrogen (secondary N) is 1. The van der Waals surface area contributed by atoms with Crippen LogP contribution in [-0.2, 0) is 14.3 Å². The molecule has 0 aromatic rings. The first-order valence-electron chi connectivity index (χ1n) is 6.33. The summed E-state index contributed by atoms with van der Waals surface area (Å²) in [4.78, 5) is 22.4. The van der Waals surface area contributed by atoms with Crippen molar-refractivity contribution in [1.29, 1.82) is 0 Å². The maximum absolute atomic E-state index is 11.5. The van der Waals surface area contributed by atoms with Crippen molar-refractivity contribution in [3.8, 4) is 0 Å². The van der Waals surface area contributed by atoms with E-state index in [1.807, 2.05) is 0 Å². The monoisotopic (exact) mass is 258 g/mol. The Labute approximate surface area is 109 Å². The fraction of sp³-hybridized carbons (Fsp3) is 0.846. The molecule has 0 aromatic heterocycles. The highest BCUT2D eigenvalue weighted by Gasteiger charge is 2.17. The van der Waals surface area contributed by atoms with Crippen molar-refractivity contribution in [1.82, 2.24) is 5.32 Å². The smallest absolute Gasteiger partial charge is 0.305 e. The van der Waals surface area contributed by atoms with Crippen LogP contribution >= 0.6 is 0 Å². The molecule has 18 heavy (non-hydrogen) atoms. The van der Waals surface area contributed by atoms with Gasteiger partial charge in [0.25, 0.3) is 0 Å². The topological polar surface area (TPSA) is 81.4 Å². The molecule has 5 nitrogen and oxygen atoms in total. The van der Waals surface area contributed by atoms with Crippen molar-refractivity contribution in [3.63, 3.8) is 0 Å². The van der Waals surface area contributed by atoms with Gasteiger partial charge in [-0.15, -0.1) is 0 Å². The van der Waals surface area contributed by atoms with Gasteiger partial charge in [-0.05, 0) is 18.3 Å². The fourth-order valence-corrected chi connectivity index (χ4v) is 1.73. The van der Waals surface area contributed by atoms with Gasteiger partial charge in [-0.2, -0.15) is 0 Å². The molecule has 0 heterocycles. The SMILES string of the molecule is COC(=O)CCCNC(=O)CC(N)CC(C)(C)C. The van der Waals surface area contributed by atoms with Crippen molar-refractivity contribution < 1.29 is 14.3 Å². The number of carbonyl (C=O) groups is 2. The first kappa shape index (κ1) is 16.9. The predicted molar refractivity (Wildman–Crippen MR) is 70.9 cm³/mol. The van der Waals surface area contributed by atoms with Gasteiger partial charge in [0.1, 0.15) is 0 Å². The van der Waals surface area contributed by atoms with Crippen molar-refractivity contribution in [3.05, 3.63) is 0 Å². The van der Waals surface area contributed by atoms with Gasteiger partial charge in [0.2, 0.25) is 5.91 Å². The maximum Gasteiger partial charge on any atom is 0.305 e. The highest BCUT2D eigenvalue weighted by atomic mass is 16.5. The Morgan fingerprint density at radius 2 is 1.94 bits per heavy atom. The summed E-state index contributed by atoms with van der Waals surface area (Å²) in [5, 5.41) is 2.75. The van der Waals surface area contributed by atoms with Gasteiger partial charge in [-0.25, -0.2) is 0 Å². The molecule has 0 bridgehead atoms. The number of nitrogens with two attached hydrogens (primary N) is 1. The van der Waals surface area contributed by atoms with Crippen LogP contribution in [0.15, 0.2) is 0 Å². The molecule has 106 valence electrons. The van der Waals surface area contributed by atoms with Crippen molar-refractivity contribution in [2.75, 3.05) is 13.7 Å². The van der Waals surface area contributed by atoms with E-state index in [2.05, 4.69) is 30.8 Å². The molecule has 0 aliphatic carbocycles. The maximum atomic E-state index is 11.5. The quantitative estimate of drug-likeness (QED) is 0.531. The van der Waals surface area contributed by atoms with Crippen LogP contribution in [0, 0.1) is 5.41 Å². The van der Waals surface area contributed by atoms with Gasteiger partial charge in [0.05, 0.1) is 7.11 Å². The number of carbonyl (C=O) groups excluding carboxylic acids is 2. The molecule has 5 heteroatoms. The van der Waals surface area contributed by atoms with Gasteiger partial charge >= 0.3 is 5.97 Å². The number of esters is 1. The summed E-state index contributed by atoms with van der Waals surface area (Å²) in [6, 6.07) is -0.120. The largest absolute Gasteiger partial charge is 0.469 e. The summed E-state index contributed by atoms with van der Waals surface area (Å²) in [7, 11) is 1.35. The highest BCUT2D eigenvalue weighted by Crippen LogP contribution is 2.20. The lowest BCUT2D eigenvalue weighted by atomic mass is 9.87. The van der Waals surface area contributed by atoms with Crippen LogP contribution in [0.25, 0.3) is 0 Å². The summed E-state index contributed by atoms with van der Waals surface area (Å²) in [6.07, 6.45) is 2.05. The number of rotatable bonds is 7. The Bertz CT molecular complexity index is 272. The van der Waals surface area contributed by atoms with Crippen molar-refractivity contribution >= 4 is 11.9 Å². The Morgan fingerprint density at radius 1 is 1.33 bits per heavy atom. The van der Waals surface area contributed by atoms with E-state index >= 15 is 0 Å². The molecule has 1 unspecified atom stereocenters. The average Bonchev–Trinajstić information content (AvgIpc) is 2.21. The second-order valence-corrected chi connectivity index (χ2v) is 5.76. The van der Waals surface area contributed by atoms with Crippen LogP contribution in [0.4, 0.5) is 0 Å².